The molecule has 1 unspecified atom stereocenters. The molecule has 1 aromatic carbocycles. The summed E-state index contributed by atoms with van der Waals surface area (Å²) >= 11 is 1.59. The summed E-state index contributed by atoms with van der Waals surface area (Å²) in [5, 5.41) is 12.5. The number of rotatable bonds is 7. The summed E-state index contributed by atoms with van der Waals surface area (Å²) in [6.45, 7) is 1.98. The van der Waals surface area contributed by atoms with Crippen molar-refractivity contribution in [3.8, 4) is 0 Å². The molecule has 2 N–H and O–H groups in total. The van der Waals surface area contributed by atoms with Crippen molar-refractivity contribution in [3.63, 3.8) is 0 Å². The Morgan fingerprint density at radius 3 is 2.81 bits per heavy atom. The molecule has 0 aliphatic carbocycles. The molecular weight excluding hydrogens is 288 g/mol. The van der Waals surface area contributed by atoms with E-state index in [0.29, 0.717) is 19.3 Å². The van der Waals surface area contributed by atoms with E-state index in [4.69, 9.17) is 5.11 Å². The minimum absolute atomic E-state index is 0.131. The first kappa shape index (κ1) is 15.4. The molecule has 1 amide bonds. The third-order valence-electron chi connectivity index (χ3n) is 3.29. The highest BCUT2D eigenvalue weighted by atomic mass is 32.1. The van der Waals surface area contributed by atoms with Crippen LogP contribution < -0.4 is 5.32 Å². The van der Waals surface area contributed by atoms with Gasteiger partial charge in [-0.15, -0.1) is 11.3 Å². The van der Waals surface area contributed by atoms with Crippen LogP contribution in [-0.4, -0.2) is 28.5 Å². The van der Waals surface area contributed by atoms with Gasteiger partial charge in [-0.05, 0) is 18.6 Å². The van der Waals surface area contributed by atoms with Crippen molar-refractivity contribution in [2.75, 3.05) is 6.54 Å². The van der Waals surface area contributed by atoms with Crippen LogP contribution in [0.3, 0.4) is 0 Å². The summed E-state index contributed by atoms with van der Waals surface area (Å²) in [7, 11) is 0. The first-order valence-corrected chi connectivity index (χ1v) is 7.75. The molecular formula is C15H18N2O3S. The number of carboxylic acids is 1. The minimum Gasteiger partial charge on any atom is -0.481 e. The first-order chi connectivity index (χ1) is 10.1. The number of para-hydroxylation sites is 1. The zero-order valence-electron chi connectivity index (χ0n) is 11.8. The second-order valence-electron chi connectivity index (χ2n) is 4.82. The van der Waals surface area contributed by atoms with E-state index in [1.165, 1.54) is 0 Å². The van der Waals surface area contributed by atoms with E-state index < -0.39 is 11.9 Å². The van der Waals surface area contributed by atoms with Gasteiger partial charge in [0.1, 0.15) is 0 Å². The fourth-order valence-corrected chi connectivity index (χ4v) is 2.95. The number of aromatic nitrogens is 1. The number of aliphatic carboxylic acids is 1. The summed E-state index contributed by atoms with van der Waals surface area (Å²) in [5.74, 6) is -1.52. The van der Waals surface area contributed by atoms with Crippen LogP contribution in [0, 0.1) is 5.92 Å². The molecule has 2 aromatic rings. The van der Waals surface area contributed by atoms with Gasteiger partial charge in [-0.1, -0.05) is 19.1 Å². The molecule has 112 valence electrons. The van der Waals surface area contributed by atoms with Crippen molar-refractivity contribution in [1.29, 1.82) is 0 Å². The number of carbonyl (C=O) groups is 2. The molecule has 1 aromatic heterocycles. The van der Waals surface area contributed by atoms with E-state index in [9.17, 15) is 9.59 Å². The molecule has 0 radical (unpaired) electrons. The summed E-state index contributed by atoms with van der Waals surface area (Å²) in [6.07, 6.45) is 1.42. The topological polar surface area (TPSA) is 79.3 Å². The van der Waals surface area contributed by atoms with E-state index >= 15 is 0 Å². The first-order valence-electron chi connectivity index (χ1n) is 6.94. The van der Waals surface area contributed by atoms with Crippen molar-refractivity contribution in [1.82, 2.24) is 10.3 Å². The van der Waals surface area contributed by atoms with E-state index in [-0.39, 0.29) is 12.5 Å². The Kier molecular flexibility index (Phi) is 5.27. The quantitative estimate of drug-likeness (QED) is 0.823. The lowest BCUT2D eigenvalue weighted by atomic mass is 10.1. The van der Waals surface area contributed by atoms with Gasteiger partial charge in [0.2, 0.25) is 5.91 Å². The maximum Gasteiger partial charge on any atom is 0.308 e. The molecule has 1 heterocycles. The smallest absolute Gasteiger partial charge is 0.308 e. The highest BCUT2D eigenvalue weighted by Gasteiger charge is 2.16. The average Bonchev–Trinajstić information content (AvgIpc) is 2.88. The Morgan fingerprint density at radius 1 is 1.38 bits per heavy atom. The lowest BCUT2D eigenvalue weighted by molar-refractivity contribution is -0.141. The van der Waals surface area contributed by atoms with E-state index in [1.807, 2.05) is 24.3 Å². The molecule has 6 heteroatoms. The predicted molar refractivity (Wildman–Crippen MR) is 82.4 cm³/mol. The van der Waals surface area contributed by atoms with Gasteiger partial charge in [0, 0.05) is 19.4 Å². The van der Waals surface area contributed by atoms with Crippen molar-refractivity contribution in [2.45, 2.75) is 26.2 Å². The third-order valence-corrected chi connectivity index (χ3v) is 4.39. The largest absolute Gasteiger partial charge is 0.481 e. The number of nitrogens with zero attached hydrogens (tertiary/aromatic N) is 1. The number of carbonyl (C=O) groups excluding carboxylic acids is 1. The average molecular weight is 306 g/mol. The van der Waals surface area contributed by atoms with E-state index in [2.05, 4.69) is 10.3 Å². The number of aryl methyl sites for hydroxylation is 1. The molecule has 5 nitrogen and oxygen atoms in total. The number of fused-ring (bicyclic) bond motifs is 1. The van der Waals surface area contributed by atoms with E-state index in [1.54, 1.807) is 18.3 Å². The monoisotopic (exact) mass is 306 g/mol. The zero-order valence-corrected chi connectivity index (χ0v) is 12.7. The molecule has 0 saturated heterocycles. The van der Waals surface area contributed by atoms with Crippen LogP contribution in [0.25, 0.3) is 10.2 Å². The number of thiazole rings is 1. The highest BCUT2D eigenvalue weighted by molar-refractivity contribution is 7.18. The Morgan fingerprint density at radius 2 is 2.14 bits per heavy atom. The van der Waals surface area contributed by atoms with Gasteiger partial charge in [0.05, 0.1) is 21.1 Å². The van der Waals surface area contributed by atoms with Crippen LogP contribution in [0.15, 0.2) is 24.3 Å². The third kappa shape index (κ3) is 4.26. The Hall–Kier alpha value is -1.95. The second-order valence-corrected chi connectivity index (χ2v) is 5.94. The summed E-state index contributed by atoms with van der Waals surface area (Å²) in [4.78, 5) is 27.1. The van der Waals surface area contributed by atoms with E-state index in [0.717, 1.165) is 15.2 Å². The van der Waals surface area contributed by atoms with Gasteiger partial charge in [0.15, 0.2) is 0 Å². The fraction of sp³-hybridized carbons (Fsp3) is 0.400. The SMILES string of the molecule is CCC(CNC(=O)CCc1nc2ccccc2s1)C(=O)O. The summed E-state index contributed by atoms with van der Waals surface area (Å²) in [5.41, 5.74) is 0.954. The molecule has 0 bridgehead atoms. The number of carboxylic acid groups (broad SMARTS) is 1. The molecule has 2 rings (SSSR count). The fourth-order valence-electron chi connectivity index (χ4n) is 1.98. The molecule has 0 aliphatic heterocycles. The predicted octanol–water partition coefficient (Wildman–Crippen LogP) is 2.46. The number of benzene rings is 1. The number of hydrogen-bond donors (Lipinski definition) is 2. The van der Waals surface area contributed by atoms with Crippen LogP contribution in [0.1, 0.15) is 24.8 Å². The number of nitrogens with one attached hydrogen (secondary N) is 1. The maximum atomic E-state index is 11.7. The van der Waals surface area contributed by atoms with Crippen molar-refractivity contribution in [3.05, 3.63) is 29.3 Å². The molecule has 1 atom stereocenters. The van der Waals surface area contributed by atoms with Crippen LogP contribution in [0.5, 0.6) is 0 Å². The lowest BCUT2D eigenvalue weighted by Gasteiger charge is -2.10. The lowest BCUT2D eigenvalue weighted by Crippen LogP contribution is -2.32. The Bertz CT molecular complexity index is 606. The van der Waals surface area contributed by atoms with Crippen molar-refractivity contribution < 1.29 is 14.7 Å². The summed E-state index contributed by atoms with van der Waals surface area (Å²) < 4.78 is 1.12. The van der Waals surface area contributed by atoms with Crippen LogP contribution in [0.4, 0.5) is 0 Å². The van der Waals surface area contributed by atoms with Crippen LogP contribution in [-0.2, 0) is 16.0 Å². The highest BCUT2D eigenvalue weighted by Crippen LogP contribution is 2.22. The van der Waals surface area contributed by atoms with Crippen molar-refractivity contribution in [2.24, 2.45) is 5.92 Å². The van der Waals surface area contributed by atoms with Crippen LogP contribution >= 0.6 is 11.3 Å². The minimum atomic E-state index is -0.871. The second kappa shape index (κ2) is 7.17. The van der Waals surface area contributed by atoms with Gasteiger partial charge < -0.3 is 10.4 Å². The van der Waals surface area contributed by atoms with Gasteiger partial charge in [-0.2, -0.15) is 0 Å². The van der Waals surface area contributed by atoms with Crippen molar-refractivity contribution >= 4 is 33.4 Å². The zero-order chi connectivity index (χ0) is 15.2. The molecule has 21 heavy (non-hydrogen) atoms. The Labute approximate surface area is 127 Å². The van der Waals surface area contributed by atoms with Gasteiger partial charge in [-0.25, -0.2) is 4.98 Å². The molecule has 0 saturated carbocycles. The summed E-state index contributed by atoms with van der Waals surface area (Å²) in [6, 6.07) is 7.87. The molecule has 0 spiro atoms. The van der Waals surface area contributed by atoms with Crippen LogP contribution in [0.2, 0.25) is 0 Å². The molecule has 0 aliphatic rings. The van der Waals surface area contributed by atoms with Gasteiger partial charge >= 0.3 is 5.97 Å². The maximum absolute atomic E-state index is 11.7. The number of hydrogen-bond acceptors (Lipinski definition) is 4. The van der Waals surface area contributed by atoms with Gasteiger partial charge in [0.25, 0.3) is 0 Å². The number of amides is 1. The Balaban J connectivity index is 1.82. The van der Waals surface area contributed by atoms with Gasteiger partial charge in [-0.3, -0.25) is 9.59 Å². The molecule has 0 fully saturated rings. The standard InChI is InChI=1S/C15H18N2O3S/c1-2-10(15(19)20)9-16-13(18)7-8-14-17-11-5-3-4-6-12(11)21-14/h3-6,10H,2,7-9H2,1H3,(H,16,18)(H,19,20). The normalized spacial score (nSPS) is 12.2.